The molecule has 0 aromatic heterocycles. The highest BCUT2D eigenvalue weighted by Gasteiger charge is 2.31. The van der Waals surface area contributed by atoms with E-state index in [0.717, 1.165) is 43.6 Å². The molecule has 5 heteroatoms. The Kier molecular flexibility index (Phi) is 5.66. The van der Waals surface area contributed by atoms with Crippen LogP contribution in [-0.4, -0.2) is 13.6 Å². The Morgan fingerprint density at radius 2 is 1.89 bits per heavy atom. The summed E-state index contributed by atoms with van der Waals surface area (Å²) in [4.78, 5) is 1.97. The smallest absolute Gasteiger partial charge is 0.374 e. The van der Waals surface area contributed by atoms with Crippen LogP contribution in [0, 0.1) is 0 Å². The molecule has 2 N–H and O–H groups in total. The van der Waals surface area contributed by atoms with Crippen LogP contribution in [-0.2, 0) is 12.7 Å². The van der Waals surface area contributed by atoms with Crippen molar-refractivity contribution in [3.63, 3.8) is 0 Å². The zero-order valence-electron chi connectivity index (χ0n) is 11.4. The lowest BCUT2D eigenvalue weighted by molar-refractivity contribution is -0.137. The van der Waals surface area contributed by atoms with Gasteiger partial charge in [-0.3, -0.25) is 0 Å². The summed E-state index contributed by atoms with van der Waals surface area (Å²) >= 11 is 0. The molecule has 0 aliphatic rings. The van der Waals surface area contributed by atoms with E-state index in [0.29, 0.717) is 5.56 Å². The predicted octanol–water partition coefficient (Wildman–Crippen LogP) is 3.79. The minimum atomic E-state index is -4.32. The SMILES string of the molecule is CCCCCN(C)c1ccc(C(F)(F)F)cc1CN. The monoisotopic (exact) mass is 274 g/mol. The standard InChI is InChI=1S/C14H21F3N2/c1-3-4-5-8-19(2)13-7-6-12(14(15,16)17)9-11(13)10-18/h6-7,9H,3-5,8,10,18H2,1-2H3. The van der Waals surface area contributed by atoms with E-state index >= 15 is 0 Å². The third-order valence-electron chi connectivity index (χ3n) is 3.14. The molecule has 0 heterocycles. The molecular formula is C14H21F3N2. The Morgan fingerprint density at radius 1 is 1.21 bits per heavy atom. The maximum Gasteiger partial charge on any atom is 0.416 e. The summed E-state index contributed by atoms with van der Waals surface area (Å²) in [6.45, 7) is 3.05. The van der Waals surface area contributed by atoms with E-state index in [4.69, 9.17) is 5.73 Å². The van der Waals surface area contributed by atoms with Crippen molar-refractivity contribution >= 4 is 5.69 Å². The molecule has 0 aliphatic heterocycles. The number of rotatable bonds is 6. The lowest BCUT2D eigenvalue weighted by Gasteiger charge is -2.23. The van der Waals surface area contributed by atoms with Crippen molar-refractivity contribution in [2.24, 2.45) is 5.73 Å². The van der Waals surface area contributed by atoms with Crippen LogP contribution in [0.5, 0.6) is 0 Å². The normalized spacial score (nSPS) is 11.7. The average Bonchev–Trinajstić information content (AvgIpc) is 2.37. The molecule has 0 spiro atoms. The molecule has 1 aromatic carbocycles. The molecule has 1 rings (SSSR count). The Bertz CT molecular complexity index is 402. The average molecular weight is 274 g/mol. The highest BCUT2D eigenvalue weighted by molar-refractivity contribution is 5.55. The van der Waals surface area contributed by atoms with Gasteiger partial charge in [-0.1, -0.05) is 19.8 Å². The molecule has 0 aliphatic carbocycles. The minimum Gasteiger partial charge on any atom is -0.374 e. The molecule has 0 atom stereocenters. The molecule has 1 aromatic rings. The molecule has 19 heavy (non-hydrogen) atoms. The molecular weight excluding hydrogens is 253 g/mol. The Balaban J connectivity index is 2.89. The molecule has 2 nitrogen and oxygen atoms in total. The highest BCUT2D eigenvalue weighted by Crippen LogP contribution is 2.32. The number of nitrogens with two attached hydrogens (primary N) is 1. The molecule has 0 saturated carbocycles. The Labute approximate surface area is 112 Å². The number of hydrogen-bond donors (Lipinski definition) is 1. The fraction of sp³-hybridized carbons (Fsp3) is 0.571. The molecule has 0 fully saturated rings. The van der Waals surface area contributed by atoms with Crippen LogP contribution in [0.4, 0.5) is 18.9 Å². The fourth-order valence-electron chi connectivity index (χ4n) is 2.02. The van der Waals surface area contributed by atoms with Crippen LogP contribution in [0.15, 0.2) is 18.2 Å². The van der Waals surface area contributed by atoms with Gasteiger partial charge in [0.25, 0.3) is 0 Å². The van der Waals surface area contributed by atoms with Gasteiger partial charge in [0.05, 0.1) is 5.56 Å². The van der Waals surface area contributed by atoms with Crippen molar-refractivity contribution in [2.45, 2.75) is 38.9 Å². The number of halogens is 3. The minimum absolute atomic E-state index is 0.109. The molecule has 0 bridgehead atoms. The maximum atomic E-state index is 12.6. The first kappa shape index (κ1) is 15.8. The third kappa shape index (κ3) is 4.42. The van der Waals surface area contributed by atoms with Crippen LogP contribution in [0.1, 0.15) is 37.3 Å². The summed E-state index contributed by atoms with van der Waals surface area (Å²) in [5.74, 6) is 0. The summed E-state index contributed by atoms with van der Waals surface area (Å²) in [5.41, 5.74) is 6.24. The van der Waals surface area contributed by atoms with Gasteiger partial charge < -0.3 is 10.6 Å². The topological polar surface area (TPSA) is 29.3 Å². The van der Waals surface area contributed by atoms with Crippen LogP contribution in [0.3, 0.4) is 0 Å². The van der Waals surface area contributed by atoms with Crippen LogP contribution in [0.2, 0.25) is 0 Å². The van der Waals surface area contributed by atoms with Gasteiger partial charge in [-0.2, -0.15) is 13.2 Å². The third-order valence-corrected chi connectivity index (χ3v) is 3.14. The number of alkyl halides is 3. The predicted molar refractivity (Wildman–Crippen MR) is 72.1 cm³/mol. The van der Waals surface area contributed by atoms with Crippen molar-refractivity contribution in [3.05, 3.63) is 29.3 Å². The number of nitrogens with zero attached hydrogens (tertiary/aromatic N) is 1. The van der Waals surface area contributed by atoms with Gasteiger partial charge in [-0.05, 0) is 30.2 Å². The molecule has 0 unspecified atom stereocenters. The van der Waals surface area contributed by atoms with E-state index in [1.54, 1.807) is 0 Å². The summed E-state index contributed by atoms with van der Waals surface area (Å²) in [7, 11) is 1.89. The number of benzene rings is 1. The van der Waals surface area contributed by atoms with Crippen LogP contribution in [0.25, 0.3) is 0 Å². The first-order valence-electron chi connectivity index (χ1n) is 6.51. The van der Waals surface area contributed by atoms with Crippen molar-refractivity contribution in [1.29, 1.82) is 0 Å². The van der Waals surface area contributed by atoms with Gasteiger partial charge in [0.1, 0.15) is 0 Å². The second-order valence-electron chi connectivity index (χ2n) is 4.67. The van der Waals surface area contributed by atoms with Crippen LogP contribution < -0.4 is 10.6 Å². The van der Waals surface area contributed by atoms with E-state index in [1.807, 2.05) is 11.9 Å². The molecule has 0 radical (unpaired) electrons. The second-order valence-corrected chi connectivity index (χ2v) is 4.67. The largest absolute Gasteiger partial charge is 0.416 e. The van der Waals surface area contributed by atoms with Gasteiger partial charge in [0, 0.05) is 25.8 Å². The number of anilines is 1. The van der Waals surface area contributed by atoms with E-state index in [-0.39, 0.29) is 6.54 Å². The summed E-state index contributed by atoms with van der Waals surface area (Å²) in [6.07, 6.45) is -1.06. The van der Waals surface area contributed by atoms with E-state index < -0.39 is 11.7 Å². The number of unbranched alkanes of at least 4 members (excludes halogenated alkanes) is 2. The van der Waals surface area contributed by atoms with Gasteiger partial charge in [-0.25, -0.2) is 0 Å². The first-order valence-corrected chi connectivity index (χ1v) is 6.51. The van der Waals surface area contributed by atoms with Crippen molar-refractivity contribution in [1.82, 2.24) is 0 Å². The number of hydrogen-bond acceptors (Lipinski definition) is 2. The summed E-state index contributed by atoms with van der Waals surface area (Å²) < 4.78 is 37.9. The lowest BCUT2D eigenvalue weighted by atomic mass is 10.1. The highest BCUT2D eigenvalue weighted by atomic mass is 19.4. The van der Waals surface area contributed by atoms with Crippen molar-refractivity contribution < 1.29 is 13.2 Å². The molecule has 0 amide bonds. The Hall–Kier alpha value is -1.23. The Morgan fingerprint density at radius 3 is 2.42 bits per heavy atom. The second kappa shape index (κ2) is 6.80. The molecule has 0 saturated heterocycles. The van der Waals surface area contributed by atoms with Gasteiger partial charge in [-0.15, -0.1) is 0 Å². The molecule has 108 valence electrons. The van der Waals surface area contributed by atoms with Gasteiger partial charge in [0.15, 0.2) is 0 Å². The van der Waals surface area contributed by atoms with Crippen molar-refractivity contribution in [3.8, 4) is 0 Å². The maximum absolute atomic E-state index is 12.6. The van der Waals surface area contributed by atoms with Crippen molar-refractivity contribution in [2.75, 3.05) is 18.5 Å². The fourth-order valence-corrected chi connectivity index (χ4v) is 2.02. The van der Waals surface area contributed by atoms with E-state index in [2.05, 4.69) is 6.92 Å². The van der Waals surface area contributed by atoms with Crippen LogP contribution >= 0.6 is 0 Å². The first-order chi connectivity index (χ1) is 8.90. The quantitative estimate of drug-likeness (QED) is 0.800. The lowest BCUT2D eigenvalue weighted by Crippen LogP contribution is -2.21. The zero-order valence-corrected chi connectivity index (χ0v) is 11.4. The van der Waals surface area contributed by atoms with E-state index in [9.17, 15) is 13.2 Å². The summed E-state index contributed by atoms with van der Waals surface area (Å²) in [6, 6.07) is 3.77. The summed E-state index contributed by atoms with van der Waals surface area (Å²) in [5, 5.41) is 0. The van der Waals surface area contributed by atoms with E-state index in [1.165, 1.54) is 6.07 Å². The zero-order chi connectivity index (χ0) is 14.5. The van der Waals surface area contributed by atoms with Gasteiger partial charge in [0.2, 0.25) is 0 Å². The van der Waals surface area contributed by atoms with Gasteiger partial charge >= 0.3 is 6.18 Å².